The summed E-state index contributed by atoms with van der Waals surface area (Å²) in [4.78, 5) is 10.4. The van der Waals surface area contributed by atoms with E-state index >= 15 is 0 Å². The van der Waals surface area contributed by atoms with Crippen LogP contribution < -0.4 is 5.11 Å². The van der Waals surface area contributed by atoms with E-state index in [0.29, 0.717) is 0 Å². The van der Waals surface area contributed by atoms with Crippen molar-refractivity contribution in [1.82, 2.24) is 0 Å². The number of hydrogen-bond donors (Lipinski definition) is 0. The van der Waals surface area contributed by atoms with Crippen molar-refractivity contribution in [3.05, 3.63) is 0 Å². The van der Waals surface area contributed by atoms with Gasteiger partial charge in [-0.2, -0.15) is 0 Å². The first-order valence-electron chi connectivity index (χ1n) is 18.0. The van der Waals surface area contributed by atoms with Crippen LogP contribution in [0.3, 0.4) is 0 Å². The number of rotatable bonds is 33. The van der Waals surface area contributed by atoms with E-state index in [0.717, 1.165) is 12.8 Å². The molecule has 0 radical (unpaired) electrons. The number of carbonyl (C=O) groups is 1. The van der Waals surface area contributed by atoms with Gasteiger partial charge in [0, 0.05) is 5.97 Å². The van der Waals surface area contributed by atoms with Crippen LogP contribution in [0.1, 0.15) is 200 Å². The van der Waals surface area contributed by atoms with E-state index in [1.807, 2.05) is 0 Å². The highest BCUT2D eigenvalue weighted by atomic mass is 16.4. The van der Waals surface area contributed by atoms with Gasteiger partial charge in [-0.25, -0.2) is 0 Å². The Morgan fingerprint density at radius 2 is 0.641 bits per heavy atom. The monoisotopic (exact) mass is 552 g/mol. The fourth-order valence-corrected chi connectivity index (χ4v) is 5.95. The summed E-state index contributed by atoms with van der Waals surface area (Å²) in [6.45, 7) is 5.01. The van der Waals surface area contributed by atoms with Crippen molar-refractivity contribution in [1.29, 1.82) is 0 Å². The Hall–Kier alpha value is -0.570. The zero-order chi connectivity index (χ0) is 28.7. The van der Waals surface area contributed by atoms with Crippen molar-refractivity contribution >= 4 is 5.97 Å². The molecule has 0 atom stereocenters. The maximum atomic E-state index is 10.4. The van der Waals surface area contributed by atoms with Gasteiger partial charge in [0.1, 0.15) is 0 Å². The molecule has 0 fully saturated rings. The molecule has 0 unspecified atom stereocenters. The van der Waals surface area contributed by atoms with Crippen LogP contribution in [-0.4, -0.2) is 37.6 Å². The lowest BCUT2D eigenvalue weighted by Gasteiger charge is -2.30. The van der Waals surface area contributed by atoms with Crippen molar-refractivity contribution in [3.8, 4) is 0 Å². The lowest BCUT2D eigenvalue weighted by Crippen LogP contribution is -2.41. The Kier molecular flexibility index (Phi) is 29.9. The van der Waals surface area contributed by atoms with Crippen molar-refractivity contribution in [2.75, 3.05) is 27.2 Å². The summed E-state index contributed by atoms with van der Waals surface area (Å²) in [6, 6.07) is 0. The molecule has 0 saturated heterocycles. The van der Waals surface area contributed by atoms with Crippen LogP contribution in [0.25, 0.3) is 0 Å². The van der Waals surface area contributed by atoms with Crippen LogP contribution in [0, 0.1) is 0 Å². The highest BCUT2D eigenvalue weighted by Crippen LogP contribution is 2.16. The van der Waals surface area contributed by atoms with Gasteiger partial charge in [-0.15, -0.1) is 0 Å². The molecule has 0 aliphatic carbocycles. The van der Waals surface area contributed by atoms with Gasteiger partial charge in [0.2, 0.25) is 0 Å². The summed E-state index contributed by atoms with van der Waals surface area (Å²) in [7, 11) is 4.88. The minimum absolute atomic E-state index is 0.232. The normalized spacial score (nSPS) is 11.9. The minimum atomic E-state index is -0.900. The second-order valence-corrected chi connectivity index (χ2v) is 13.4. The van der Waals surface area contributed by atoms with Gasteiger partial charge in [0.05, 0.1) is 27.2 Å². The molecule has 0 saturated carbocycles. The van der Waals surface area contributed by atoms with Crippen LogP contribution in [0.5, 0.6) is 0 Å². The fourth-order valence-electron chi connectivity index (χ4n) is 5.95. The van der Waals surface area contributed by atoms with Gasteiger partial charge in [-0.05, 0) is 38.5 Å². The number of quaternary nitrogens is 1. The van der Waals surface area contributed by atoms with Gasteiger partial charge in [0.15, 0.2) is 0 Å². The smallest absolute Gasteiger partial charge is 0.0782 e. The minimum Gasteiger partial charge on any atom is -0.550 e. The Morgan fingerprint density at radius 1 is 0.410 bits per heavy atom. The lowest BCUT2D eigenvalue weighted by molar-refractivity contribution is -0.890. The summed E-state index contributed by atoms with van der Waals surface area (Å²) < 4.78 is 1.21. The molecule has 0 N–H and O–H groups in total. The average molecular weight is 552 g/mol. The Labute approximate surface area is 246 Å². The van der Waals surface area contributed by atoms with E-state index in [2.05, 4.69) is 21.0 Å². The van der Waals surface area contributed by atoms with Gasteiger partial charge >= 0.3 is 0 Å². The number of carboxylic acid groups (broad SMARTS) is 1. The summed E-state index contributed by atoms with van der Waals surface area (Å²) in [5.41, 5.74) is 0. The molecule has 3 heteroatoms. The molecule has 0 bridgehead atoms. The number of unbranched alkanes of at least 4 members (excludes halogenated alkanes) is 27. The maximum absolute atomic E-state index is 10.4. The van der Waals surface area contributed by atoms with E-state index in [-0.39, 0.29) is 6.42 Å². The van der Waals surface area contributed by atoms with Gasteiger partial charge in [-0.3, -0.25) is 0 Å². The molecule has 0 aliphatic rings. The van der Waals surface area contributed by atoms with E-state index in [9.17, 15) is 9.90 Å². The van der Waals surface area contributed by atoms with Crippen molar-refractivity contribution in [2.45, 2.75) is 200 Å². The third kappa shape index (κ3) is 33.5. The summed E-state index contributed by atoms with van der Waals surface area (Å²) in [6.07, 6.45) is 40.2. The predicted molar refractivity (Wildman–Crippen MR) is 171 cm³/mol. The third-order valence-corrected chi connectivity index (χ3v) is 8.76. The maximum Gasteiger partial charge on any atom is 0.0782 e. The van der Waals surface area contributed by atoms with Crippen LogP contribution in [0.2, 0.25) is 0 Å². The predicted octanol–water partition coefficient (Wildman–Crippen LogP) is 10.5. The molecule has 3 nitrogen and oxygen atoms in total. The van der Waals surface area contributed by atoms with Gasteiger partial charge in [0.25, 0.3) is 0 Å². The molecule has 0 rings (SSSR count). The molecule has 0 aromatic carbocycles. The second-order valence-electron chi connectivity index (χ2n) is 13.4. The Balaban J connectivity index is 3.28. The molecular weight excluding hydrogens is 478 g/mol. The molecular formula is C36H73NO2. The van der Waals surface area contributed by atoms with Crippen LogP contribution in [-0.2, 0) is 4.79 Å². The van der Waals surface area contributed by atoms with Crippen LogP contribution in [0.15, 0.2) is 0 Å². The third-order valence-electron chi connectivity index (χ3n) is 8.76. The van der Waals surface area contributed by atoms with E-state index < -0.39 is 5.97 Å². The van der Waals surface area contributed by atoms with Crippen molar-refractivity contribution in [2.24, 2.45) is 0 Å². The molecule has 234 valence electrons. The Morgan fingerprint density at radius 3 is 0.897 bits per heavy atom. The summed E-state index contributed by atoms with van der Waals surface area (Å²) in [5, 5.41) is 10.4. The number of aliphatic carboxylic acids is 1. The van der Waals surface area contributed by atoms with E-state index in [4.69, 9.17) is 0 Å². The molecule has 0 amide bonds. The highest BCUT2D eigenvalue weighted by molar-refractivity contribution is 5.64. The van der Waals surface area contributed by atoms with Gasteiger partial charge < -0.3 is 14.4 Å². The molecule has 0 aliphatic heterocycles. The number of carbonyl (C=O) groups excluding carboxylic acids is 1. The fraction of sp³-hybridized carbons (Fsp3) is 0.972. The van der Waals surface area contributed by atoms with Crippen LogP contribution in [0.4, 0.5) is 0 Å². The molecule has 0 aromatic rings. The largest absolute Gasteiger partial charge is 0.550 e. The molecule has 0 spiro atoms. The van der Waals surface area contributed by atoms with Gasteiger partial charge in [-0.1, -0.05) is 161 Å². The second kappa shape index (κ2) is 30.4. The summed E-state index contributed by atoms with van der Waals surface area (Å²) >= 11 is 0. The van der Waals surface area contributed by atoms with E-state index in [1.54, 1.807) is 0 Å². The van der Waals surface area contributed by atoms with Crippen LogP contribution >= 0.6 is 0 Å². The molecule has 0 heterocycles. The standard InChI is InChI=1S/C36H73NO2/c1-4-5-6-7-8-9-10-11-12-13-16-19-22-25-28-31-34-37(2,3)35-32-29-26-23-20-17-14-15-18-21-24-27-30-33-36(38)39/h4-35H2,1-3H3. The van der Waals surface area contributed by atoms with Crippen molar-refractivity contribution in [3.63, 3.8) is 0 Å². The van der Waals surface area contributed by atoms with Crippen molar-refractivity contribution < 1.29 is 14.4 Å². The highest BCUT2D eigenvalue weighted by Gasteiger charge is 2.13. The van der Waals surface area contributed by atoms with E-state index in [1.165, 1.54) is 191 Å². The summed E-state index contributed by atoms with van der Waals surface area (Å²) in [5.74, 6) is -0.900. The zero-order valence-electron chi connectivity index (χ0n) is 27.4. The quantitative estimate of drug-likeness (QED) is 0.0601. The number of carboxylic acids is 1. The zero-order valence-corrected chi connectivity index (χ0v) is 27.4. The lowest BCUT2D eigenvalue weighted by atomic mass is 10.0. The average Bonchev–Trinajstić information content (AvgIpc) is 2.90. The Bertz CT molecular complexity index is 490. The topological polar surface area (TPSA) is 40.1 Å². The first-order chi connectivity index (χ1) is 19.0. The number of nitrogens with zero attached hydrogens (tertiary/aromatic N) is 1. The number of hydrogen-bond acceptors (Lipinski definition) is 2. The molecule has 0 aromatic heterocycles. The SMILES string of the molecule is CCCCCCCCCCCCCCCCCC[N+](C)(C)CCCCCCCCCCCCCCCC(=O)[O-]. The first-order valence-corrected chi connectivity index (χ1v) is 18.0. The first kappa shape index (κ1) is 38.4. The molecule has 39 heavy (non-hydrogen) atoms.